The standard InChI is InChI=1S/C32H37ClFN5O5/c1-17(40)21-16-35-25-12-11-24(18-14-22(33)29(41)23(34)15-18)38-28(25)27(21)36-19-7-9-20(10-8-19)37-30(42)26-6-5-13-39(26)31(43)44-32(2,3)4/h11-12,14-16,19-20,26,41H,5-10,13H2,1-4H3,(H,35,36)(H,37,42)/t19?,20?,26-/m0/s1. The number of fused-ring (bicyclic) bond motifs is 1. The Morgan fingerprint density at radius 1 is 1.09 bits per heavy atom. The number of hydrogen-bond acceptors (Lipinski definition) is 8. The van der Waals surface area contributed by atoms with E-state index < -0.39 is 29.3 Å². The fraction of sp³-hybridized carbons (Fsp3) is 0.469. The van der Waals surface area contributed by atoms with Gasteiger partial charge in [0.2, 0.25) is 5.91 Å². The van der Waals surface area contributed by atoms with Gasteiger partial charge in [-0.2, -0.15) is 0 Å². The van der Waals surface area contributed by atoms with Crippen LogP contribution in [-0.2, 0) is 9.53 Å². The first kappa shape index (κ1) is 31.4. The summed E-state index contributed by atoms with van der Waals surface area (Å²) in [6.45, 7) is 7.37. The number of ketones is 1. The molecule has 234 valence electrons. The van der Waals surface area contributed by atoms with Crippen LogP contribution < -0.4 is 10.6 Å². The van der Waals surface area contributed by atoms with Crippen molar-refractivity contribution >= 4 is 46.1 Å². The number of rotatable bonds is 6. The van der Waals surface area contributed by atoms with Crippen molar-refractivity contribution in [1.82, 2.24) is 20.2 Å². The van der Waals surface area contributed by atoms with Gasteiger partial charge in [-0.25, -0.2) is 14.2 Å². The third-order valence-corrected chi connectivity index (χ3v) is 8.30. The van der Waals surface area contributed by atoms with E-state index in [1.54, 1.807) is 32.9 Å². The van der Waals surface area contributed by atoms with Crippen LogP contribution in [-0.4, -0.2) is 68.0 Å². The van der Waals surface area contributed by atoms with Crippen molar-refractivity contribution in [2.45, 2.75) is 89.9 Å². The number of Topliss-reactive ketones (excluding diaryl/α,β-unsaturated/α-hetero) is 1. The number of ether oxygens (including phenoxy) is 1. The molecule has 44 heavy (non-hydrogen) atoms. The summed E-state index contributed by atoms with van der Waals surface area (Å²) in [4.78, 5) is 49.1. The second-order valence-electron chi connectivity index (χ2n) is 12.5. The summed E-state index contributed by atoms with van der Waals surface area (Å²) >= 11 is 6.00. The van der Waals surface area contributed by atoms with Crippen LogP contribution in [0, 0.1) is 5.82 Å². The quantitative estimate of drug-likeness (QED) is 0.274. The Balaban J connectivity index is 1.29. The number of phenolic OH excluding ortho intramolecular Hbond substituents is 1. The number of halogens is 2. The second-order valence-corrected chi connectivity index (χ2v) is 12.9. The Hall–Kier alpha value is -3.99. The Kier molecular flexibility index (Phi) is 8.97. The summed E-state index contributed by atoms with van der Waals surface area (Å²) in [6.07, 6.45) is 5.28. The number of phenols is 1. The number of carbonyl (C=O) groups is 3. The van der Waals surface area contributed by atoms with Crippen molar-refractivity contribution in [2.24, 2.45) is 0 Å². The minimum absolute atomic E-state index is 0.00242. The maximum Gasteiger partial charge on any atom is 0.410 e. The van der Waals surface area contributed by atoms with E-state index >= 15 is 0 Å². The van der Waals surface area contributed by atoms with Crippen LogP contribution in [0.15, 0.2) is 30.5 Å². The molecule has 0 radical (unpaired) electrons. The Morgan fingerprint density at radius 2 is 1.80 bits per heavy atom. The van der Waals surface area contributed by atoms with Crippen LogP contribution in [0.5, 0.6) is 5.75 Å². The predicted molar refractivity (Wildman–Crippen MR) is 165 cm³/mol. The van der Waals surface area contributed by atoms with Gasteiger partial charge in [0.25, 0.3) is 0 Å². The van der Waals surface area contributed by atoms with E-state index in [-0.39, 0.29) is 28.8 Å². The summed E-state index contributed by atoms with van der Waals surface area (Å²) in [5.74, 6) is -1.83. The van der Waals surface area contributed by atoms with Crippen LogP contribution in [0.2, 0.25) is 5.02 Å². The lowest BCUT2D eigenvalue weighted by Crippen LogP contribution is -2.50. The average Bonchev–Trinajstić information content (AvgIpc) is 3.46. The van der Waals surface area contributed by atoms with Crippen molar-refractivity contribution in [1.29, 1.82) is 0 Å². The van der Waals surface area contributed by atoms with E-state index in [9.17, 15) is 23.9 Å². The highest BCUT2D eigenvalue weighted by atomic mass is 35.5. The van der Waals surface area contributed by atoms with Crippen molar-refractivity contribution in [3.63, 3.8) is 0 Å². The van der Waals surface area contributed by atoms with Crippen molar-refractivity contribution < 1.29 is 28.6 Å². The third-order valence-electron chi connectivity index (χ3n) is 8.01. The van der Waals surface area contributed by atoms with Crippen LogP contribution in [0.1, 0.15) is 76.6 Å². The van der Waals surface area contributed by atoms with Gasteiger partial charge in [0, 0.05) is 30.4 Å². The number of carbonyl (C=O) groups excluding carboxylic acids is 3. The number of nitrogens with one attached hydrogen (secondary N) is 2. The second kappa shape index (κ2) is 12.6. The molecule has 2 aliphatic rings. The zero-order valence-electron chi connectivity index (χ0n) is 25.2. The largest absolute Gasteiger partial charge is 0.504 e. The summed E-state index contributed by atoms with van der Waals surface area (Å²) in [7, 11) is 0. The van der Waals surface area contributed by atoms with Gasteiger partial charge in [0.1, 0.15) is 17.2 Å². The van der Waals surface area contributed by atoms with Gasteiger partial charge >= 0.3 is 6.09 Å². The average molecular weight is 626 g/mol. The highest BCUT2D eigenvalue weighted by molar-refractivity contribution is 6.32. The topological polar surface area (TPSA) is 134 Å². The van der Waals surface area contributed by atoms with E-state index in [2.05, 4.69) is 15.6 Å². The normalized spacial score (nSPS) is 20.4. The fourth-order valence-electron chi connectivity index (χ4n) is 5.82. The van der Waals surface area contributed by atoms with Crippen molar-refractivity contribution in [2.75, 3.05) is 11.9 Å². The first-order valence-corrected chi connectivity index (χ1v) is 15.2. The summed E-state index contributed by atoms with van der Waals surface area (Å²) in [5.41, 5.74) is 2.08. The van der Waals surface area contributed by atoms with E-state index in [1.165, 1.54) is 24.1 Å². The van der Waals surface area contributed by atoms with Crippen molar-refractivity contribution in [3.8, 4) is 17.0 Å². The number of likely N-dealkylation sites (tertiary alicyclic amines) is 1. The Labute approximate surface area is 260 Å². The van der Waals surface area contributed by atoms with Gasteiger partial charge in [-0.1, -0.05) is 11.6 Å². The maximum atomic E-state index is 14.2. The smallest absolute Gasteiger partial charge is 0.410 e. The third kappa shape index (κ3) is 6.88. The highest BCUT2D eigenvalue weighted by Gasteiger charge is 2.37. The number of hydrogen-bond donors (Lipinski definition) is 3. The molecule has 1 aliphatic heterocycles. The van der Waals surface area contributed by atoms with E-state index in [1.807, 2.05) is 0 Å². The summed E-state index contributed by atoms with van der Waals surface area (Å²) < 4.78 is 19.7. The van der Waals surface area contributed by atoms with Gasteiger partial charge in [-0.3, -0.25) is 19.5 Å². The lowest BCUT2D eigenvalue weighted by atomic mass is 9.90. The highest BCUT2D eigenvalue weighted by Crippen LogP contribution is 2.35. The first-order valence-electron chi connectivity index (χ1n) is 14.9. The van der Waals surface area contributed by atoms with Crippen molar-refractivity contribution in [3.05, 3.63) is 46.9 Å². The number of aromatic hydroxyl groups is 1. The molecule has 2 fully saturated rings. The van der Waals surface area contributed by atoms with Gasteiger partial charge in [0.15, 0.2) is 17.3 Å². The lowest BCUT2D eigenvalue weighted by Gasteiger charge is -2.33. The molecular formula is C32H37ClFN5O5. The fourth-order valence-corrected chi connectivity index (χ4v) is 6.02. The maximum absolute atomic E-state index is 14.2. The molecule has 0 bridgehead atoms. The SMILES string of the molecule is CC(=O)c1cnc2ccc(-c3cc(F)c(O)c(Cl)c3)nc2c1NC1CCC(NC(=O)[C@@H]2CCCN2C(=O)OC(C)(C)C)CC1. The predicted octanol–water partition coefficient (Wildman–Crippen LogP) is 6.24. The van der Waals surface area contributed by atoms with E-state index in [0.717, 1.165) is 25.3 Å². The summed E-state index contributed by atoms with van der Waals surface area (Å²) in [6, 6.07) is 5.41. The number of amides is 2. The van der Waals surface area contributed by atoms with Gasteiger partial charge < -0.3 is 20.5 Å². The van der Waals surface area contributed by atoms with Crippen LogP contribution >= 0.6 is 11.6 Å². The van der Waals surface area contributed by atoms with Gasteiger partial charge in [-0.05, 0) is 90.5 Å². The molecule has 1 saturated carbocycles. The molecule has 5 rings (SSSR count). The minimum Gasteiger partial charge on any atom is -0.504 e. The summed E-state index contributed by atoms with van der Waals surface area (Å²) in [5, 5.41) is 16.3. The molecular weight excluding hydrogens is 589 g/mol. The monoisotopic (exact) mass is 625 g/mol. The van der Waals surface area contributed by atoms with E-state index in [0.29, 0.717) is 59.3 Å². The molecule has 1 atom stereocenters. The Bertz CT molecular complexity index is 1580. The van der Waals surface area contributed by atoms with Gasteiger partial charge in [0.05, 0.1) is 27.5 Å². The van der Waals surface area contributed by atoms with Crippen LogP contribution in [0.25, 0.3) is 22.3 Å². The molecule has 12 heteroatoms. The van der Waals surface area contributed by atoms with Gasteiger partial charge in [-0.15, -0.1) is 0 Å². The molecule has 3 N–H and O–H groups in total. The molecule has 0 spiro atoms. The lowest BCUT2D eigenvalue weighted by molar-refractivity contribution is -0.126. The number of benzene rings is 1. The van der Waals surface area contributed by atoms with Crippen LogP contribution in [0.4, 0.5) is 14.9 Å². The molecule has 1 aromatic carbocycles. The molecule has 2 aromatic heterocycles. The number of nitrogens with zero attached hydrogens (tertiary/aromatic N) is 3. The molecule has 2 amide bonds. The first-order chi connectivity index (χ1) is 20.8. The molecule has 10 nitrogen and oxygen atoms in total. The molecule has 1 aliphatic carbocycles. The van der Waals surface area contributed by atoms with Crippen LogP contribution in [0.3, 0.4) is 0 Å². The zero-order chi connectivity index (χ0) is 31.8. The molecule has 3 heterocycles. The molecule has 1 saturated heterocycles. The molecule has 3 aromatic rings. The van der Waals surface area contributed by atoms with E-state index in [4.69, 9.17) is 21.3 Å². The zero-order valence-corrected chi connectivity index (χ0v) is 26.0. The number of aromatic nitrogens is 2. The number of pyridine rings is 2. The minimum atomic E-state index is -0.863. The Morgan fingerprint density at radius 3 is 2.45 bits per heavy atom. The molecule has 0 unspecified atom stereocenters. The number of anilines is 1.